The zero-order valence-electron chi connectivity index (χ0n) is 13.0. The van der Waals surface area contributed by atoms with Crippen molar-refractivity contribution in [2.24, 2.45) is 0 Å². The van der Waals surface area contributed by atoms with Crippen molar-refractivity contribution < 1.29 is 9.47 Å². The molecule has 1 aliphatic heterocycles. The van der Waals surface area contributed by atoms with Gasteiger partial charge in [-0.2, -0.15) is 4.98 Å². The predicted molar refractivity (Wildman–Crippen MR) is 82.9 cm³/mol. The number of nitrogens with one attached hydrogen (secondary N) is 1. The van der Waals surface area contributed by atoms with Gasteiger partial charge in [0, 0.05) is 45.0 Å². The lowest BCUT2D eigenvalue weighted by Gasteiger charge is -2.25. The van der Waals surface area contributed by atoms with Crippen LogP contribution in [0.3, 0.4) is 0 Å². The van der Waals surface area contributed by atoms with E-state index in [1.807, 2.05) is 6.07 Å². The maximum absolute atomic E-state index is 5.59. The molecule has 0 aromatic carbocycles. The lowest BCUT2D eigenvalue weighted by Crippen LogP contribution is -2.39. The largest absolute Gasteiger partial charge is 0.478 e. The van der Waals surface area contributed by atoms with Crippen LogP contribution < -0.4 is 15.0 Å². The van der Waals surface area contributed by atoms with Crippen LogP contribution in [0.25, 0.3) is 0 Å². The normalized spacial score (nSPS) is 18.2. The molecule has 6 heteroatoms. The van der Waals surface area contributed by atoms with E-state index >= 15 is 0 Å². The molecule has 1 aromatic heterocycles. The molecule has 1 aromatic rings. The van der Waals surface area contributed by atoms with E-state index in [-0.39, 0.29) is 0 Å². The molecule has 2 rings (SSSR count). The number of anilines is 1. The zero-order chi connectivity index (χ0) is 14.9. The molecular formula is C15H26N4O2. The van der Waals surface area contributed by atoms with Crippen molar-refractivity contribution in [1.29, 1.82) is 0 Å². The van der Waals surface area contributed by atoms with Crippen molar-refractivity contribution in [3.8, 4) is 5.88 Å². The first kappa shape index (κ1) is 16.0. The van der Waals surface area contributed by atoms with Crippen molar-refractivity contribution in [3.05, 3.63) is 12.3 Å². The van der Waals surface area contributed by atoms with Crippen LogP contribution in [0.4, 0.5) is 5.95 Å². The standard InChI is InChI=1S/C15H26N4O2/c1-3-10-21-14-6-7-17-15(18-14)19-9-4-5-13(19)12-16-8-11-20-2/h6-7,13,16H,3-5,8-12H2,1-2H3. The maximum atomic E-state index is 5.59. The number of rotatable bonds is 9. The van der Waals surface area contributed by atoms with Gasteiger partial charge in [0.15, 0.2) is 0 Å². The Balaban J connectivity index is 1.92. The molecule has 0 radical (unpaired) electrons. The number of nitrogens with zero attached hydrogens (tertiary/aromatic N) is 3. The molecule has 1 aliphatic rings. The van der Waals surface area contributed by atoms with Crippen LogP contribution in [0, 0.1) is 0 Å². The first-order chi connectivity index (χ1) is 10.3. The highest BCUT2D eigenvalue weighted by atomic mass is 16.5. The fourth-order valence-corrected chi connectivity index (χ4v) is 2.51. The summed E-state index contributed by atoms with van der Waals surface area (Å²) in [6.07, 6.45) is 5.11. The second-order valence-corrected chi connectivity index (χ2v) is 5.23. The fourth-order valence-electron chi connectivity index (χ4n) is 2.51. The third kappa shape index (κ3) is 4.82. The molecule has 6 nitrogen and oxygen atoms in total. The second kappa shape index (κ2) is 8.79. The van der Waals surface area contributed by atoms with E-state index in [2.05, 4.69) is 27.1 Å². The molecule has 1 atom stereocenters. The van der Waals surface area contributed by atoms with E-state index in [9.17, 15) is 0 Å². The Morgan fingerprint density at radius 1 is 1.43 bits per heavy atom. The summed E-state index contributed by atoms with van der Waals surface area (Å²) in [4.78, 5) is 11.2. The van der Waals surface area contributed by atoms with Gasteiger partial charge < -0.3 is 19.7 Å². The lowest BCUT2D eigenvalue weighted by molar-refractivity contribution is 0.199. The average molecular weight is 294 g/mol. The van der Waals surface area contributed by atoms with Crippen LogP contribution in [-0.2, 0) is 4.74 Å². The van der Waals surface area contributed by atoms with Gasteiger partial charge in [0.2, 0.25) is 11.8 Å². The van der Waals surface area contributed by atoms with Gasteiger partial charge in [-0.15, -0.1) is 0 Å². The highest BCUT2D eigenvalue weighted by molar-refractivity contribution is 5.35. The number of methoxy groups -OCH3 is 1. The molecule has 0 spiro atoms. The fraction of sp³-hybridized carbons (Fsp3) is 0.733. The quantitative estimate of drug-likeness (QED) is 0.696. The second-order valence-electron chi connectivity index (χ2n) is 5.23. The van der Waals surface area contributed by atoms with Gasteiger partial charge >= 0.3 is 0 Å². The van der Waals surface area contributed by atoms with Crippen LogP contribution in [0.15, 0.2) is 12.3 Å². The summed E-state index contributed by atoms with van der Waals surface area (Å²) in [6, 6.07) is 2.27. The van der Waals surface area contributed by atoms with Gasteiger partial charge in [-0.3, -0.25) is 0 Å². The molecule has 21 heavy (non-hydrogen) atoms. The van der Waals surface area contributed by atoms with E-state index in [0.717, 1.165) is 38.6 Å². The van der Waals surface area contributed by atoms with Crippen molar-refractivity contribution >= 4 is 5.95 Å². The van der Waals surface area contributed by atoms with Crippen LogP contribution in [0.5, 0.6) is 5.88 Å². The minimum Gasteiger partial charge on any atom is -0.478 e. The van der Waals surface area contributed by atoms with Crippen LogP contribution in [0.2, 0.25) is 0 Å². The summed E-state index contributed by atoms with van der Waals surface area (Å²) < 4.78 is 10.6. The smallest absolute Gasteiger partial charge is 0.228 e. The Morgan fingerprint density at radius 3 is 3.14 bits per heavy atom. The summed E-state index contributed by atoms with van der Waals surface area (Å²) in [6.45, 7) is 6.34. The Kier molecular flexibility index (Phi) is 6.69. The molecule has 1 saturated heterocycles. The predicted octanol–water partition coefficient (Wildman–Crippen LogP) is 1.47. The molecule has 1 unspecified atom stereocenters. The molecule has 0 aliphatic carbocycles. The van der Waals surface area contributed by atoms with Gasteiger partial charge in [-0.05, 0) is 19.3 Å². The van der Waals surface area contributed by atoms with E-state index < -0.39 is 0 Å². The number of aromatic nitrogens is 2. The highest BCUT2D eigenvalue weighted by Gasteiger charge is 2.26. The first-order valence-electron chi connectivity index (χ1n) is 7.77. The molecule has 118 valence electrons. The van der Waals surface area contributed by atoms with Gasteiger partial charge in [-0.25, -0.2) is 4.98 Å². The summed E-state index contributed by atoms with van der Waals surface area (Å²) in [5, 5.41) is 3.42. The Morgan fingerprint density at radius 2 is 2.33 bits per heavy atom. The molecule has 1 N–H and O–H groups in total. The van der Waals surface area contributed by atoms with Gasteiger partial charge in [0.1, 0.15) is 0 Å². The number of hydrogen-bond donors (Lipinski definition) is 1. The topological polar surface area (TPSA) is 59.5 Å². The van der Waals surface area contributed by atoms with E-state index in [4.69, 9.17) is 9.47 Å². The molecule has 1 fully saturated rings. The summed E-state index contributed by atoms with van der Waals surface area (Å²) >= 11 is 0. The average Bonchev–Trinajstić information content (AvgIpc) is 2.98. The molecular weight excluding hydrogens is 268 g/mol. The van der Waals surface area contributed by atoms with Crippen LogP contribution in [0.1, 0.15) is 26.2 Å². The van der Waals surface area contributed by atoms with Crippen LogP contribution >= 0.6 is 0 Å². The van der Waals surface area contributed by atoms with Gasteiger partial charge in [0.25, 0.3) is 0 Å². The summed E-state index contributed by atoms with van der Waals surface area (Å²) in [5.74, 6) is 1.44. The molecule has 2 heterocycles. The molecule has 0 bridgehead atoms. The summed E-state index contributed by atoms with van der Waals surface area (Å²) in [7, 11) is 1.72. The van der Waals surface area contributed by atoms with Crippen molar-refractivity contribution in [1.82, 2.24) is 15.3 Å². The van der Waals surface area contributed by atoms with E-state index in [0.29, 0.717) is 18.5 Å². The maximum Gasteiger partial charge on any atom is 0.228 e. The van der Waals surface area contributed by atoms with E-state index in [1.165, 1.54) is 12.8 Å². The zero-order valence-corrected chi connectivity index (χ0v) is 13.0. The minimum absolute atomic E-state index is 0.447. The Labute approximate surface area is 126 Å². The highest BCUT2D eigenvalue weighted by Crippen LogP contribution is 2.23. The van der Waals surface area contributed by atoms with Crippen LogP contribution in [-0.4, -0.2) is 56.0 Å². The van der Waals surface area contributed by atoms with Crippen molar-refractivity contribution in [2.75, 3.05) is 44.9 Å². The molecule has 0 saturated carbocycles. The number of ether oxygens (including phenoxy) is 2. The van der Waals surface area contributed by atoms with Gasteiger partial charge in [0.05, 0.1) is 13.2 Å². The van der Waals surface area contributed by atoms with Crippen molar-refractivity contribution in [3.63, 3.8) is 0 Å². The lowest BCUT2D eigenvalue weighted by atomic mass is 10.2. The summed E-state index contributed by atoms with van der Waals surface area (Å²) in [5.41, 5.74) is 0. The minimum atomic E-state index is 0.447. The third-order valence-corrected chi connectivity index (χ3v) is 3.57. The Hall–Kier alpha value is -1.40. The first-order valence-corrected chi connectivity index (χ1v) is 7.77. The number of hydrogen-bond acceptors (Lipinski definition) is 6. The molecule has 0 amide bonds. The van der Waals surface area contributed by atoms with E-state index in [1.54, 1.807) is 13.3 Å². The SMILES string of the molecule is CCCOc1ccnc(N2CCCC2CNCCOC)n1. The van der Waals surface area contributed by atoms with Gasteiger partial charge in [-0.1, -0.05) is 6.92 Å². The van der Waals surface area contributed by atoms with Crippen molar-refractivity contribution in [2.45, 2.75) is 32.2 Å². The third-order valence-electron chi connectivity index (χ3n) is 3.57. The Bertz CT molecular complexity index is 416. The monoisotopic (exact) mass is 294 g/mol.